The lowest BCUT2D eigenvalue weighted by molar-refractivity contribution is 0.0286. The average molecular weight is 296 g/mol. The van der Waals surface area contributed by atoms with Gasteiger partial charge in [-0.3, -0.25) is 4.90 Å². The molecule has 1 heterocycles. The van der Waals surface area contributed by atoms with Crippen LogP contribution in [0.3, 0.4) is 0 Å². The summed E-state index contributed by atoms with van der Waals surface area (Å²) in [6.07, 6.45) is 6.68. The van der Waals surface area contributed by atoms with Crippen molar-refractivity contribution >= 4 is 0 Å². The van der Waals surface area contributed by atoms with Crippen LogP contribution >= 0.6 is 0 Å². The normalized spacial score (nSPS) is 35.6. The molecule has 1 N–H and O–H groups in total. The Morgan fingerprint density at radius 1 is 1.19 bits per heavy atom. The van der Waals surface area contributed by atoms with Crippen molar-refractivity contribution in [1.82, 2.24) is 15.1 Å². The van der Waals surface area contributed by atoms with Crippen molar-refractivity contribution in [3.63, 3.8) is 0 Å². The molecule has 1 saturated heterocycles. The van der Waals surface area contributed by atoms with Crippen LogP contribution in [0, 0.1) is 5.41 Å². The highest BCUT2D eigenvalue weighted by Crippen LogP contribution is 2.38. The number of rotatable bonds is 4. The predicted octanol–water partition coefficient (Wildman–Crippen LogP) is 2.96. The molecule has 124 valence electrons. The Morgan fingerprint density at radius 3 is 2.67 bits per heavy atom. The van der Waals surface area contributed by atoms with E-state index in [1.807, 2.05) is 0 Å². The van der Waals surface area contributed by atoms with E-state index >= 15 is 0 Å². The van der Waals surface area contributed by atoms with Gasteiger partial charge in [-0.15, -0.1) is 0 Å². The molecule has 2 fully saturated rings. The van der Waals surface area contributed by atoms with Crippen molar-refractivity contribution in [3.05, 3.63) is 0 Å². The Morgan fingerprint density at radius 2 is 1.95 bits per heavy atom. The van der Waals surface area contributed by atoms with E-state index in [2.05, 4.69) is 49.9 Å². The molecule has 0 aromatic rings. The maximum atomic E-state index is 3.91. The minimum atomic E-state index is 0.427. The van der Waals surface area contributed by atoms with Gasteiger partial charge < -0.3 is 10.2 Å². The van der Waals surface area contributed by atoms with Gasteiger partial charge in [0.1, 0.15) is 0 Å². The third-order valence-electron chi connectivity index (χ3n) is 5.69. The molecule has 3 nitrogen and oxygen atoms in total. The van der Waals surface area contributed by atoms with E-state index < -0.39 is 0 Å². The Hall–Kier alpha value is -0.120. The molecule has 21 heavy (non-hydrogen) atoms. The van der Waals surface area contributed by atoms with Gasteiger partial charge in [-0.05, 0) is 58.2 Å². The third-order valence-corrected chi connectivity index (χ3v) is 5.69. The minimum absolute atomic E-state index is 0.427. The highest BCUT2D eigenvalue weighted by atomic mass is 15.3. The summed E-state index contributed by atoms with van der Waals surface area (Å²) in [6.45, 7) is 14.6. The van der Waals surface area contributed by atoms with Crippen molar-refractivity contribution in [3.8, 4) is 0 Å². The molecule has 0 bridgehead atoms. The van der Waals surface area contributed by atoms with Gasteiger partial charge in [0.15, 0.2) is 0 Å². The van der Waals surface area contributed by atoms with Crippen LogP contribution in [0.25, 0.3) is 0 Å². The second kappa shape index (κ2) is 7.43. The number of nitrogens with one attached hydrogen (secondary N) is 1. The molecule has 1 aliphatic carbocycles. The molecule has 0 aromatic carbocycles. The summed E-state index contributed by atoms with van der Waals surface area (Å²) in [6, 6.07) is 2.06. The van der Waals surface area contributed by atoms with Crippen LogP contribution in [-0.2, 0) is 0 Å². The SMILES string of the molecule is CCCNC1C(N2CCCN(C)CC2C)CCCC1(C)C. The number of likely N-dealkylation sites (N-methyl/N-ethyl adjacent to an activating group) is 1. The van der Waals surface area contributed by atoms with Crippen LogP contribution in [0.1, 0.15) is 59.8 Å². The third kappa shape index (κ3) is 4.20. The molecule has 3 unspecified atom stereocenters. The smallest absolute Gasteiger partial charge is 0.0274 e. The van der Waals surface area contributed by atoms with Crippen molar-refractivity contribution in [2.75, 3.05) is 33.2 Å². The monoisotopic (exact) mass is 295 g/mol. The molecular weight excluding hydrogens is 258 g/mol. The van der Waals surface area contributed by atoms with Crippen LogP contribution < -0.4 is 5.32 Å². The van der Waals surface area contributed by atoms with Crippen molar-refractivity contribution < 1.29 is 0 Å². The summed E-state index contributed by atoms with van der Waals surface area (Å²) in [5, 5.41) is 3.91. The molecule has 1 saturated carbocycles. The lowest BCUT2D eigenvalue weighted by Crippen LogP contribution is -2.61. The average Bonchev–Trinajstić information content (AvgIpc) is 2.57. The highest BCUT2D eigenvalue weighted by molar-refractivity contribution is 4.99. The largest absolute Gasteiger partial charge is 0.312 e. The van der Waals surface area contributed by atoms with Crippen LogP contribution in [0.5, 0.6) is 0 Å². The zero-order chi connectivity index (χ0) is 15.5. The van der Waals surface area contributed by atoms with E-state index in [1.54, 1.807) is 0 Å². The van der Waals surface area contributed by atoms with Gasteiger partial charge in [-0.1, -0.05) is 27.2 Å². The lowest BCUT2D eigenvalue weighted by atomic mass is 9.70. The summed E-state index contributed by atoms with van der Waals surface area (Å²) in [5.41, 5.74) is 0.427. The molecule has 2 rings (SSSR count). The Bertz CT molecular complexity index is 316. The molecule has 0 spiro atoms. The maximum Gasteiger partial charge on any atom is 0.0274 e. The molecule has 1 aliphatic heterocycles. The number of hydrogen-bond donors (Lipinski definition) is 1. The zero-order valence-electron chi connectivity index (χ0n) is 15.0. The van der Waals surface area contributed by atoms with E-state index in [9.17, 15) is 0 Å². The lowest BCUT2D eigenvalue weighted by Gasteiger charge is -2.50. The maximum absolute atomic E-state index is 3.91. The van der Waals surface area contributed by atoms with Gasteiger partial charge in [0, 0.05) is 31.2 Å². The quantitative estimate of drug-likeness (QED) is 0.860. The van der Waals surface area contributed by atoms with E-state index in [4.69, 9.17) is 0 Å². The molecule has 2 aliphatic rings. The molecule has 0 aromatic heterocycles. The molecule has 0 amide bonds. The van der Waals surface area contributed by atoms with Crippen molar-refractivity contribution in [2.45, 2.75) is 77.9 Å². The van der Waals surface area contributed by atoms with Crippen molar-refractivity contribution in [1.29, 1.82) is 0 Å². The van der Waals surface area contributed by atoms with Gasteiger partial charge in [0.25, 0.3) is 0 Å². The summed E-state index contributed by atoms with van der Waals surface area (Å²) < 4.78 is 0. The Balaban J connectivity index is 2.13. The standard InChI is InChI=1S/C18H37N3/c1-6-11-19-17-16(9-7-10-18(17,3)4)21-13-8-12-20(5)14-15(21)2/h15-17,19H,6-14H2,1-5H3. The summed E-state index contributed by atoms with van der Waals surface area (Å²) in [7, 11) is 2.28. The fourth-order valence-corrected chi connectivity index (χ4v) is 4.56. The molecule has 3 atom stereocenters. The first-order valence-corrected chi connectivity index (χ1v) is 9.13. The van der Waals surface area contributed by atoms with Crippen molar-refractivity contribution in [2.24, 2.45) is 5.41 Å². The fourth-order valence-electron chi connectivity index (χ4n) is 4.56. The van der Waals surface area contributed by atoms with Gasteiger partial charge in [-0.2, -0.15) is 0 Å². The van der Waals surface area contributed by atoms with Crippen LogP contribution in [-0.4, -0.2) is 61.2 Å². The summed E-state index contributed by atoms with van der Waals surface area (Å²) in [4.78, 5) is 5.34. The topological polar surface area (TPSA) is 18.5 Å². The molecule has 3 heteroatoms. The number of nitrogens with zero attached hydrogens (tertiary/aromatic N) is 2. The van der Waals surface area contributed by atoms with Gasteiger partial charge in [-0.25, -0.2) is 0 Å². The van der Waals surface area contributed by atoms with Crippen LogP contribution in [0.2, 0.25) is 0 Å². The van der Waals surface area contributed by atoms with E-state index in [0.717, 1.165) is 12.6 Å². The molecule has 0 radical (unpaired) electrons. The summed E-state index contributed by atoms with van der Waals surface area (Å²) >= 11 is 0. The van der Waals surface area contributed by atoms with E-state index in [-0.39, 0.29) is 0 Å². The first kappa shape index (κ1) is 17.2. The van der Waals surface area contributed by atoms with Gasteiger partial charge >= 0.3 is 0 Å². The Labute approximate surface area is 132 Å². The zero-order valence-corrected chi connectivity index (χ0v) is 15.0. The molecular formula is C18H37N3. The first-order valence-electron chi connectivity index (χ1n) is 9.13. The van der Waals surface area contributed by atoms with Crippen LogP contribution in [0.15, 0.2) is 0 Å². The minimum Gasteiger partial charge on any atom is -0.312 e. The second-order valence-electron chi connectivity index (χ2n) is 8.08. The van der Waals surface area contributed by atoms with Crippen LogP contribution in [0.4, 0.5) is 0 Å². The highest BCUT2D eigenvalue weighted by Gasteiger charge is 2.42. The number of hydrogen-bond acceptors (Lipinski definition) is 3. The van der Waals surface area contributed by atoms with Gasteiger partial charge in [0.2, 0.25) is 0 Å². The van der Waals surface area contributed by atoms with E-state index in [0.29, 0.717) is 17.5 Å². The predicted molar refractivity (Wildman–Crippen MR) is 91.8 cm³/mol. The second-order valence-corrected chi connectivity index (χ2v) is 8.08. The Kier molecular flexibility index (Phi) is 6.10. The fraction of sp³-hybridized carbons (Fsp3) is 1.00. The first-order chi connectivity index (χ1) is 9.95. The van der Waals surface area contributed by atoms with Gasteiger partial charge in [0.05, 0.1) is 0 Å². The summed E-state index contributed by atoms with van der Waals surface area (Å²) in [5.74, 6) is 0. The van der Waals surface area contributed by atoms with E-state index in [1.165, 1.54) is 51.7 Å².